The molecule has 0 amide bonds. The van der Waals surface area contributed by atoms with Gasteiger partial charge in [-0.05, 0) is 30.7 Å². The molecule has 0 unspecified atom stereocenters. The second kappa shape index (κ2) is 3.24. The van der Waals surface area contributed by atoms with Crippen molar-refractivity contribution in [2.24, 2.45) is 5.73 Å². The van der Waals surface area contributed by atoms with E-state index in [4.69, 9.17) is 5.73 Å². The second-order valence-corrected chi connectivity index (χ2v) is 2.75. The molecule has 1 rings (SSSR count). The van der Waals surface area contributed by atoms with Crippen molar-refractivity contribution in [3.8, 4) is 0 Å². The van der Waals surface area contributed by atoms with Crippen LogP contribution in [0.5, 0.6) is 0 Å². The Morgan fingerprint density at radius 2 is 2.45 bits per heavy atom. The lowest BCUT2D eigenvalue weighted by Gasteiger charge is -2.10. The predicted octanol–water partition coefficient (Wildman–Crippen LogP) is 2.29. The number of rotatable bonds is 1. The van der Waals surface area contributed by atoms with Crippen LogP contribution in [0.4, 0.5) is 0 Å². The van der Waals surface area contributed by atoms with E-state index < -0.39 is 0 Å². The van der Waals surface area contributed by atoms with Crippen molar-refractivity contribution in [2.75, 3.05) is 0 Å². The molecule has 0 aromatic carbocycles. The summed E-state index contributed by atoms with van der Waals surface area (Å²) in [7, 11) is 0. The van der Waals surface area contributed by atoms with Crippen molar-refractivity contribution >= 4 is 0 Å². The second-order valence-electron chi connectivity index (χ2n) is 2.75. The molecule has 0 bridgehead atoms. The highest BCUT2D eigenvalue weighted by Gasteiger charge is 2.02. The van der Waals surface area contributed by atoms with E-state index in [0.717, 1.165) is 17.6 Å². The van der Waals surface area contributed by atoms with Crippen LogP contribution in [0.1, 0.15) is 13.3 Å². The van der Waals surface area contributed by atoms with Crippen LogP contribution < -0.4 is 5.73 Å². The van der Waals surface area contributed by atoms with Gasteiger partial charge in [0, 0.05) is 0 Å². The van der Waals surface area contributed by atoms with E-state index in [0.29, 0.717) is 0 Å². The molecule has 1 heteroatoms. The summed E-state index contributed by atoms with van der Waals surface area (Å²) in [4.78, 5) is 0. The van der Waals surface area contributed by atoms with Crippen LogP contribution in [-0.2, 0) is 0 Å². The Morgan fingerprint density at radius 3 is 3.00 bits per heavy atom. The molecule has 0 fully saturated rings. The largest absolute Gasteiger partial charge is 0.404 e. The van der Waals surface area contributed by atoms with Gasteiger partial charge in [-0.2, -0.15) is 0 Å². The fourth-order valence-corrected chi connectivity index (χ4v) is 1.03. The minimum absolute atomic E-state index is 0.919. The molecule has 11 heavy (non-hydrogen) atoms. The van der Waals surface area contributed by atoms with Crippen molar-refractivity contribution in [1.82, 2.24) is 0 Å². The van der Waals surface area contributed by atoms with Crippen LogP contribution >= 0.6 is 0 Å². The summed E-state index contributed by atoms with van der Waals surface area (Å²) in [5.74, 6) is 0. The minimum Gasteiger partial charge on any atom is -0.404 e. The number of hydrogen-bond donors (Lipinski definition) is 1. The first kappa shape index (κ1) is 7.86. The van der Waals surface area contributed by atoms with Crippen LogP contribution in [0.15, 0.2) is 47.7 Å². The first-order valence-electron chi connectivity index (χ1n) is 3.68. The Balaban J connectivity index is 2.81. The molecule has 1 nitrogen and oxygen atoms in total. The monoisotopic (exact) mass is 147 g/mol. The molecular formula is C10H13N. The fraction of sp³-hybridized carbons (Fsp3) is 0.200. The van der Waals surface area contributed by atoms with Crippen molar-refractivity contribution in [2.45, 2.75) is 13.3 Å². The first-order chi connectivity index (χ1) is 5.24. The predicted molar refractivity (Wildman–Crippen MR) is 48.9 cm³/mol. The smallest absolute Gasteiger partial charge is 0.000917 e. The average Bonchev–Trinajstić information content (AvgIpc) is 2.05. The molecule has 0 saturated heterocycles. The minimum atomic E-state index is 0.919. The Bertz CT molecular complexity index is 254. The maximum Gasteiger partial charge on any atom is -0.000917 e. The summed E-state index contributed by atoms with van der Waals surface area (Å²) in [5.41, 5.74) is 8.94. The van der Waals surface area contributed by atoms with Crippen LogP contribution in [0.3, 0.4) is 0 Å². The number of hydrogen-bond acceptors (Lipinski definition) is 1. The summed E-state index contributed by atoms with van der Waals surface area (Å²) in [5, 5.41) is 0. The number of allylic oxidation sites excluding steroid dienone is 6. The van der Waals surface area contributed by atoms with Gasteiger partial charge in [-0.3, -0.25) is 0 Å². The van der Waals surface area contributed by atoms with Crippen molar-refractivity contribution in [3.05, 3.63) is 47.7 Å². The van der Waals surface area contributed by atoms with Gasteiger partial charge in [0.2, 0.25) is 0 Å². The zero-order valence-electron chi connectivity index (χ0n) is 6.80. The standard InChI is InChI=1S/C10H13N/c1-8(2)10-5-3-4-9(6-10)7-11/h3-5,7H,1,6,11H2,2H3/b9-7-. The van der Waals surface area contributed by atoms with E-state index >= 15 is 0 Å². The molecule has 1 aliphatic carbocycles. The molecule has 0 aromatic rings. The third-order valence-electron chi connectivity index (χ3n) is 1.76. The van der Waals surface area contributed by atoms with Gasteiger partial charge in [0.25, 0.3) is 0 Å². The Kier molecular flexibility index (Phi) is 2.32. The molecular weight excluding hydrogens is 134 g/mol. The highest BCUT2D eigenvalue weighted by Crippen LogP contribution is 2.21. The Hall–Kier alpha value is -1.24. The zero-order valence-corrected chi connectivity index (χ0v) is 6.80. The van der Waals surface area contributed by atoms with Crippen LogP contribution in [0, 0.1) is 0 Å². The summed E-state index contributed by atoms with van der Waals surface area (Å²) in [6, 6.07) is 0. The van der Waals surface area contributed by atoms with Gasteiger partial charge in [0.15, 0.2) is 0 Å². The summed E-state index contributed by atoms with van der Waals surface area (Å²) in [6.07, 6.45) is 8.67. The fourth-order valence-electron chi connectivity index (χ4n) is 1.03. The van der Waals surface area contributed by atoms with Crippen molar-refractivity contribution in [1.29, 1.82) is 0 Å². The molecule has 58 valence electrons. The van der Waals surface area contributed by atoms with Crippen LogP contribution in [-0.4, -0.2) is 0 Å². The molecule has 1 aliphatic rings. The van der Waals surface area contributed by atoms with E-state index in [2.05, 4.69) is 12.7 Å². The van der Waals surface area contributed by atoms with Gasteiger partial charge >= 0.3 is 0 Å². The molecule has 0 radical (unpaired) electrons. The summed E-state index contributed by atoms with van der Waals surface area (Å²) in [6.45, 7) is 5.89. The van der Waals surface area contributed by atoms with Gasteiger partial charge < -0.3 is 5.73 Å². The third kappa shape index (κ3) is 1.84. The molecule has 0 aliphatic heterocycles. The van der Waals surface area contributed by atoms with Gasteiger partial charge in [-0.25, -0.2) is 0 Å². The normalized spacial score (nSPS) is 20.1. The first-order valence-corrected chi connectivity index (χ1v) is 3.68. The lowest BCUT2D eigenvalue weighted by Crippen LogP contribution is -1.94. The lowest BCUT2D eigenvalue weighted by atomic mass is 9.96. The van der Waals surface area contributed by atoms with Crippen molar-refractivity contribution < 1.29 is 0 Å². The molecule has 0 atom stereocenters. The van der Waals surface area contributed by atoms with Crippen molar-refractivity contribution in [3.63, 3.8) is 0 Å². The van der Waals surface area contributed by atoms with Gasteiger partial charge in [0.05, 0.1) is 0 Å². The molecule has 2 N–H and O–H groups in total. The molecule has 0 saturated carbocycles. The molecule has 0 spiro atoms. The Morgan fingerprint density at radius 1 is 1.73 bits per heavy atom. The zero-order chi connectivity index (χ0) is 8.27. The highest BCUT2D eigenvalue weighted by molar-refractivity contribution is 5.41. The van der Waals surface area contributed by atoms with E-state index in [9.17, 15) is 0 Å². The van der Waals surface area contributed by atoms with E-state index in [1.807, 2.05) is 19.1 Å². The Labute approximate surface area is 67.6 Å². The lowest BCUT2D eigenvalue weighted by molar-refractivity contribution is 1.13. The van der Waals surface area contributed by atoms with E-state index in [1.165, 1.54) is 5.57 Å². The maximum atomic E-state index is 5.40. The molecule has 0 aromatic heterocycles. The van der Waals surface area contributed by atoms with Crippen LogP contribution in [0.2, 0.25) is 0 Å². The van der Waals surface area contributed by atoms with Gasteiger partial charge in [0.1, 0.15) is 0 Å². The van der Waals surface area contributed by atoms with E-state index in [-0.39, 0.29) is 0 Å². The summed E-state index contributed by atoms with van der Waals surface area (Å²) >= 11 is 0. The molecule has 0 heterocycles. The van der Waals surface area contributed by atoms with E-state index in [1.54, 1.807) is 6.20 Å². The third-order valence-corrected chi connectivity index (χ3v) is 1.76. The quantitative estimate of drug-likeness (QED) is 0.605. The maximum absolute atomic E-state index is 5.40. The van der Waals surface area contributed by atoms with Gasteiger partial charge in [-0.15, -0.1) is 0 Å². The van der Waals surface area contributed by atoms with Crippen LogP contribution in [0.25, 0.3) is 0 Å². The SMILES string of the molecule is C=C(C)C1=CC=C/C(=C/N)C1. The topological polar surface area (TPSA) is 26.0 Å². The van der Waals surface area contributed by atoms with Gasteiger partial charge in [-0.1, -0.05) is 30.4 Å². The summed E-state index contributed by atoms with van der Waals surface area (Å²) < 4.78 is 0. The highest BCUT2D eigenvalue weighted by atomic mass is 14.5. The average molecular weight is 147 g/mol. The number of nitrogens with two attached hydrogens (primary N) is 1.